The first-order valence-electron chi connectivity index (χ1n) is 6.67. The second kappa shape index (κ2) is 6.81. The van der Waals surface area contributed by atoms with Crippen LogP contribution in [0.2, 0.25) is 0 Å². The molecule has 1 heterocycles. The number of hydrogen-bond acceptors (Lipinski definition) is 4. The quantitative estimate of drug-likeness (QED) is 0.832. The molecule has 0 aliphatic rings. The number of amides is 1. The van der Waals surface area contributed by atoms with Crippen molar-refractivity contribution in [2.24, 2.45) is 5.73 Å². The number of aromatic nitrogens is 3. The molecule has 2 aromatic rings. The minimum absolute atomic E-state index is 0.143. The number of carbonyl (C=O) groups excluding carboxylic acids is 1. The van der Waals surface area contributed by atoms with Crippen molar-refractivity contribution in [3.05, 3.63) is 42.5 Å². The maximum atomic E-state index is 11.8. The first-order valence-corrected chi connectivity index (χ1v) is 6.67. The van der Waals surface area contributed by atoms with Crippen molar-refractivity contribution < 1.29 is 4.79 Å². The van der Waals surface area contributed by atoms with Gasteiger partial charge < -0.3 is 11.1 Å². The zero-order valence-electron chi connectivity index (χ0n) is 11.5. The number of nitrogens with two attached hydrogens (primary N) is 1. The lowest BCUT2D eigenvalue weighted by Crippen LogP contribution is -2.35. The molecule has 0 unspecified atom stereocenters. The molecule has 0 bridgehead atoms. The van der Waals surface area contributed by atoms with E-state index >= 15 is 0 Å². The summed E-state index contributed by atoms with van der Waals surface area (Å²) in [6, 6.07) is 7.17. The van der Waals surface area contributed by atoms with E-state index in [2.05, 4.69) is 15.4 Å². The van der Waals surface area contributed by atoms with Crippen LogP contribution in [-0.2, 0) is 11.3 Å². The Morgan fingerprint density at radius 3 is 2.75 bits per heavy atom. The molecule has 1 atom stereocenters. The van der Waals surface area contributed by atoms with Crippen LogP contribution in [0, 0.1) is 0 Å². The second-order valence-electron chi connectivity index (χ2n) is 4.67. The lowest BCUT2D eigenvalue weighted by molar-refractivity contribution is -0.117. The van der Waals surface area contributed by atoms with E-state index in [1.807, 2.05) is 31.2 Å². The number of nitrogens with zero attached hydrogens (tertiary/aromatic N) is 3. The molecule has 1 aromatic heterocycles. The summed E-state index contributed by atoms with van der Waals surface area (Å²) >= 11 is 0. The summed E-state index contributed by atoms with van der Waals surface area (Å²) in [5, 5.41) is 6.86. The maximum absolute atomic E-state index is 11.8. The van der Waals surface area contributed by atoms with E-state index in [0.717, 1.165) is 17.7 Å². The van der Waals surface area contributed by atoms with Crippen molar-refractivity contribution in [3.63, 3.8) is 0 Å². The number of carbonyl (C=O) groups is 1. The summed E-state index contributed by atoms with van der Waals surface area (Å²) in [6.45, 7) is 2.66. The normalized spacial score (nSPS) is 12.1. The summed E-state index contributed by atoms with van der Waals surface area (Å²) in [7, 11) is 0. The molecule has 0 radical (unpaired) electrons. The van der Waals surface area contributed by atoms with Crippen molar-refractivity contribution >= 4 is 11.6 Å². The van der Waals surface area contributed by atoms with Gasteiger partial charge in [-0.2, -0.15) is 5.10 Å². The topological polar surface area (TPSA) is 85.8 Å². The van der Waals surface area contributed by atoms with Gasteiger partial charge in [-0.25, -0.2) is 9.67 Å². The van der Waals surface area contributed by atoms with Crippen LogP contribution in [0.25, 0.3) is 0 Å². The molecule has 1 aromatic carbocycles. The highest BCUT2D eigenvalue weighted by Crippen LogP contribution is 2.11. The van der Waals surface area contributed by atoms with Gasteiger partial charge in [0.05, 0.1) is 12.6 Å². The number of hydrogen-bond donors (Lipinski definition) is 2. The summed E-state index contributed by atoms with van der Waals surface area (Å²) < 4.78 is 1.74. The van der Waals surface area contributed by atoms with Crippen LogP contribution in [0.1, 0.15) is 25.3 Å². The van der Waals surface area contributed by atoms with Crippen molar-refractivity contribution in [3.8, 4) is 0 Å². The highest BCUT2D eigenvalue weighted by atomic mass is 16.2. The highest BCUT2D eigenvalue weighted by molar-refractivity contribution is 5.94. The maximum Gasteiger partial charge on any atom is 0.241 e. The SMILES string of the molecule is CCC[C@@H](N)C(=O)Nc1ccc(Cn2cncn2)cc1. The Morgan fingerprint density at radius 1 is 1.40 bits per heavy atom. The third-order valence-electron chi connectivity index (χ3n) is 2.97. The minimum atomic E-state index is -0.449. The Morgan fingerprint density at radius 2 is 2.15 bits per heavy atom. The van der Waals surface area contributed by atoms with Crippen molar-refractivity contribution in [1.29, 1.82) is 0 Å². The summed E-state index contributed by atoms with van der Waals surface area (Å²) in [5.74, 6) is -0.143. The molecule has 3 N–H and O–H groups in total. The van der Waals surface area contributed by atoms with E-state index < -0.39 is 6.04 Å². The molecule has 6 nitrogen and oxygen atoms in total. The van der Waals surface area contributed by atoms with Crippen molar-refractivity contribution in [2.75, 3.05) is 5.32 Å². The average molecular weight is 273 g/mol. The zero-order valence-corrected chi connectivity index (χ0v) is 11.5. The van der Waals surface area contributed by atoms with E-state index in [4.69, 9.17) is 5.73 Å². The molecule has 0 spiro atoms. The molecule has 1 amide bonds. The van der Waals surface area contributed by atoms with E-state index in [9.17, 15) is 4.79 Å². The van der Waals surface area contributed by atoms with E-state index in [0.29, 0.717) is 13.0 Å². The Balaban J connectivity index is 1.93. The fourth-order valence-electron chi connectivity index (χ4n) is 1.87. The summed E-state index contributed by atoms with van der Waals surface area (Å²) in [4.78, 5) is 15.7. The smallest absolute Gasteiger partial charge is 0.241 e. The standard InChI is InChI=1S/C14H19N5O/c1-2-3-13(15)14(20)18-12-6-4-11(5-7-12)8-19-10-16-9-17-19/h4-7,9-10,13H,2-3,8,15H2,1H3,(H,18,20)/t13-/m1/s1. The van der Waals surface area contributed by atoms with Crippen LogP contribution in [0.5, 0.6) is 0 Å². The van der Waals surface area contributed by atoms with Crippen molar-refractivity contribution in [2.45, 2.75) is 32.4 Å². The minimum Gasteiger partial charge on any atom is -0.325 e. The van der Waals surface area contributed by atoms with Gasteiger partial charge in [-0.05, 0) is 24.1 Å². The third-order valence-corrected chi connectivity index (χ3v) is 2.97. The summed E-state index contributed by atoms with van der Waals surface area (Å²) in [5.41, 5.74) is 7.61. The Labute approximate surface area is 118 Å². The monoisotopic (exact) mass is 273 g/mol. The first-order chi connectivity index (χ1) is 9.69. The average Bonchev–Trinajstić information content (AvgIpc) is 2.94. The van der Waals surface area contributed by atoms with Crippen molar-refractivity contribution in [1.82, 2.24) is 14.8 Å². The van der Waals surface area contributed by atoms with Gasteiger partial charge in [-0.3, -0.25) is 4.79 Å². The molecule has 0 saturated heterocycles. The van der Waals surface area contributed by atoms with Crippen LogP contribution in [0.15, 0.2) is 36.9 Å². The Bertz CT molecular complexity index is 535. The third kappa shape index (κ3) is 3.89. The highest BCUT2D eigenvalue weighted by Gasteiger charge is 2.11. The van der Waals surface area contributed by atoms with Gasteiger partial charge in [-0.1, -0.05) is 25.5 Å². The molecular weight excluding hydrogens is 254 g/mol. The number of rotatable bonds is 6. The zero-order chi connectivity index (χ0) is 14.4. The van der Waals surface area contributed by atoms with Crippen LogP contribution in [0.4, 0.5) is 5.69 Å². The van der Waals surface area contributed by atoms with Gasteiger partial charge >= 0.3 is 0 Å². The molecule has 0 aliphatic heterocycles. The van der Waals surface area contributed by atoms with E-state index in [1.165, 1.54) is 6.33 Å². The molecule has 0 saturated carbocycles. The van der Waals surface area contributed by atoms with Crippen LogP contribution in [-0.4, -0.2) is 26.7 Å². The Kier molecular flexibility index (Phi) is 4.84. The number of benzene rings is 1. The fraction of sp³-hybridized carbons (Fsp3) is 0.357. The van der Waals surface area contributed by atoms with Crippen LogP contribution in [0.3, 0.4) is 0 Å². The number of nitrogens with one attached hydrogen (secondary N) is 1. The second-order valence-corrected chi connectivity index (χ2v) is 4.67. The van der Waals surface area contributed by atoms with Gasteiger partial charge in [0.15, 0.2) is 0 Å². The van der Waals surface area contributed by atoms with Gasteiger partial charge in [0.1, 0.15) is 12.7 Å². The summed E-state index contributed by atoms with van der Waals surface area (Å²) in [6.07, 6.45) is 4.75. The lowest BCUT2D eigenvalue weighted by atomic mass is 10.1. The molecule has 0 aliphatic carbocycles. The first kappa shape index (κ1) is 14.2. The Hall–Kier alpha value is -2.21. The molecule has 6 heteroatoms. The van der Waals surface area contributed by atoms with Crippen LogP contribution >= 0.6 is 0 Å². The molecule has 0 fully saturated rings. The van der Waals surface area contributed by atoms with Gasteiger partial charge in [0, 0.05) is 5.69 Å². The molecular formula is C14H19N5O. The van der Waals surface area contributed by atoms with Gasteiger partial charge in [-0.15, -0.1) is 0 Å². The molecule has 2 rings (SSSR count). The van der Waals surface area contributed by atoms with Gasteiger partial charge in [0.2, 0.25) is 5.91 Å². The lowest BCUT2D eigenvalue weighted by Gasteiger charge is -2.11. The predicted octanol–water partition coefficient (Wildman–Crippen LogP) is 1.39. The predicted molar refractivity (Wildman–Crippen MR) is 77.1 cm³/mol. The van der Waals surface area contributed by atoms with Gasteiger partial charge in [0.25, 0.3) is 0 Å². The largest absolute Gasteiger partial charge is 0.325 e. The van der Waals surface area contributed by atoms with Crippen LogP contribution < -0.4 is 11.1 Å². The number of anilines is 1. The molecule has 106 valence electrons. The molecule has 20 heavy (non-hydrogen) atoms. The van der Waals surface area contributed by atoms with E-state index in [1.54, 1.807) is 11.0 Å². The fourth-order valence-corrected chi connectivity index (χ4v) is 1.87. The van der Waals surface area contributed by atoms with E-state index in [-0.39, 0.29) is 5.91 Å².